The SMILES string of the molecule is CN1CCc2ccc(NC(=O)C(CC(=O)N(C)C)NC(=O)c3ccc(Cl)s3)cc2CC1. The van der Waals surface area contributed by atoms with Crippen LogP contribution in [0.3, 0.4) is 0 Å². The Morgan fingerprint density at radius 3 is 2.48 bits per heavy atom. The van der Waals surface area contributed by atoms with Crippen molar-refractivity contribution in [2.75, 3.05) is 39.5 Å². The predicted molar refractivity (Wildman–Crippen MR) is 124 cm³/mol. The van der Waals surface area contributed by atoms with Crippen LogP contribution in [0.4, 0.5) is 5.69 Å². The first-order valence-electron chi connectivity index (χ1n) is 10.1. The molecule has 1 aromatic carbocycles. The summed E-state index contributed by atoms with van der Waals surface area (Å²) in [7, 11) is 5.33. The van der Waals surface area contributed by atoms with Gasteiger partial charge in [0.1, 0.15) is 6.04 Å². The quantitative estimate of drug-likeness (QED) is 0.691. The number of fused-ring (bicyclic) bond motifs is 1. The third-order valence-corrected chi connectivity index (χ3v) is 6.53. The van der Waals surface area contributed by atoms with Crippen LogP contribution in [0.2, 0.25) is 4.34 Å². The van der Waals surface area contributed by atoms with Gasteiger partial charge in [-0.05, 0) is 55.3 Å². The molecule has 0 saturated heterocycles. The Labute approximate surface area is 191 Å². The summed E-state index contributed by atoms with van der Waals surface area (Å²) >= 11 is 7.03. The number of carbonyl (C=O) groups excluding carboxylic acids is 3. The minimum Gasteiger partial charge on any atom is -0.349 e. The Morgan fingerprint density at radius 2 is 1.84 bits per heavy atom. The van der Waals surface area contributed by atoms with Gasteiger partial charge < -0.3 is 20.4 Å². The zero-order valence-electron chi connectivity index (χ0n) is 17.9. The van der Waals surface area contributed by atoms with Crippen LogP contribution in [-0.4, -0.2) is 67.8 Å². The Morgan fingerprint density at radius 1 is 1.13 bits per heavy atom. The Bertz CT molecular complexity index is 975. The third-order valence-electron chi connectivity index (χ3n) is 5.30. The number of benzene rings is 1. The summed E-state index contributed by atoms with van der Waals surface area (Å²) in [4.78, 5) is 41.9. The molecule has 31 heavy (non-hydrogen) atoms. The van der Waals surface area contributed by atoms with Crippen LogP contribution >= 0.6 is 22.9 Å². The molecule has 0 saturated carbocycles. The van der Waals surface area contributed by atoms with Crippen molar-refractivity contribution in [3.8, 4) is 0 Å². The minimum atomic E-state index is -1.01. The number of rotatable bonds is 6. The van der Waals surface area contributed by atoms with E-state index in [1.807, 2.05) is 18.2 Å². The number of nitrogens with zero attached hydrogens (tertiary/aromatic N) is 2. The smallest absolute Gasteiger partial charge is 0.262 e. The lowest BCUT2D eigenvalue weighted by Gasteiger charge is -2.20. The number of amides is 3. The Hall–Kier alpha value is -2.42. The average Bonchev–Trinajstić information content (AvgIpc) is 3.08. The van der Waals surface area contributed by atoms with Crippen molar-refractivity contribution in [2.45, 2.75) is 25.3 Å². The second kappa shape index (κ2) is 10.3. The summed E-state index contributed by atoms with van der Waals surface area (Å²) in [6, 6.07) is 8.10. The normalized spacial score (nSPS) is 14.8. The number of thiophene rings is 1. The monoisotopic (exact) mass is 462 g/mol. The fourth-order valence-electron chi connectivity index (χ4n) is 3.38. The molecule has 166 valence electrons. The van der Waals surface area contributed by atoms with Gasteiger partial charge in [0.15, 0.2) is 0 Å². The van der Waals surface area contributed by atoms with Crippen molar-refractivity contribution in [1.82, 2.24) is 15.1 Å². The maximum Gasteiger partial charge on any atom is 0.262 e. The maximum absolute atomic E-state index is 13.0. The van der Waals surface area contributed by atoms with Crippen LogP contribution in [0.1, 0.15) is 27.2 Å². The number of nitrogens with one attached hydrogen (secondary N) is 2. The highest BCUT2D eigenvalue weighted by molar-refractivity contribution is 7.18. The van der Waals surface area contributed by atoms with Gasteiger partial charge in [0.2, 0.25) is 11.8 Å². The molecule has 1 aliphatic heterocycles. The van der Waals surface area contributed by atoms with E-state index >= 15 is 0 Å². The van der Waals surface area contributed by atoms with Crippen LogP contribution in [0.15, 0.2) is 30.3 Å². The molecule has 2 heterocycles. The van der Waals surface area contributed by atoms with Gasteiger partial charge >= 0.3 is 0 Å². The van der Waals surface area contributed by atoms with Gasteiger partial charge in [-0.3, -0.25) is 14.4 Å². The highest BCUT2D eigenvalue weighted by Gasteiger charge is 2.26. The molecule has 9 heteroatoms. The molecule has 0 aliphatic carbocycles. The van der Waals surface area contributed by atoms with Crippen LogP contribution in [0, 0.1) is 0 Å². The first-order chi connectivity index (χ1) is 14.7. The summed E-state index contributed by atoms with van der Waals surface area (Å²) < 4.78 is 0.478. The fourth-order valence-corrected chi connectivity index (χ4v) is 4.32. The molecular weight excluding hydrogens is 436 g/mol. The molecule has 2 N–H and O–H groups in total. The highest BCUT2D eigenvalue weighted by atomic mass is 35.5. The molecule has 1 unspecified atom stereocenters. The van der Waals surface area contributed by atoms with Gasteiger partial charge in [-0.15, -0.1) is 11.3 Å². The van der Waals surface area contributed by atoms with Gasteiger partial charge in [0, 0.05) is 32.9 Å². The lowest BCUT2D eigenvalue weighted by molar-refractivity contribution is -0.131. The Balaban J connectivity index is 1.74. The van der Waals surface area contributed by atoms with Crippen molar-refractivity contribution in [3.05, 3.63) is 50.7 Å². The van der Waals surface area contributed by atoms with Crippen LogP contribution in [-0.2, 0) is 22.4 Å². The molecule has 1 aliphatic rings. The molecule has 3 amide bonds. The van der Waals surface area contributed by atoms with Crippen LogP contribution in [0.5, 0.6) is 0 Å². The zero-order chi connectivity index (χ0) is 22.5. The average molecular weight is 463 g/mol. The van der Waals surface area contributed by atoms with Crippen molar-refractivity contribution < 1.29 is 14.4 Å². The standard InChI is InChI=1S/C22H27ClN4O3S/c1-26(2)20(28)13-17(25-22(30)18-6-7-19(23)31-18)21(29)24-16-5-4-14-8-10-27(3)11-9-15(14)12-16/h4-7,12,17H,8-11,13H2,1-3H3,(H,24,29)(H,25,30). The summed E-state index contributed by atoms with van der Waals surface area (Å²) in [6.45, 7) is 1.97. The van der Waals surface area contributed by atoms with E-state index in [2.05, 4.69) is 22.6 Å². The number of hydrogen-bond acceptors (Lipinski definition) is 5. The summed E-state index contributed by atoms with van der Waals surface area (Å²) in [5.74, 6) is -1.12. The lowest BCUT2D eigenvalue weighted by atomic mass is 10.0. The third kappa shape index (κ3) is 6.29. The van der Waals surface area contributed by atoms with Gasteiger partial charge in [0.25, 0.3) is 5.91 Å². The highest BCUT2D eigenvalue weighted by Crippen LogP contribution is 2.22. The lowest BCUT2D eigenvalue weighted by Crippen LogP contribution is -2.46. The van der Waals surface area contributed by atoms with Crippen LogP contribution in [0.25, 0.3) is 0 Å². The summed E-state index contributed by atoms with van der Waals surface area (Å²) in [6.07, 6.45) is 1.74. The van der Waals surface area contributed by atoms with Gasteiger partial charge in [-0.25, -0.2) is 0 Å². The van der Waals surface area contributed by atoms with Gasteiger partial charge in [0.05, 0.1) is 15.6 Å². The van der Waals surface area contributed by atoms with E-state index in [9.17, 15) is 14.4 Å². The number of carbonyl (C=O) groups is 3. The number of halogens is 1. The van der Waals surface area contributed by atoms with E-state index in [4.69, 9.17) is 11.6 Å². The first kappa shape index (κ1) is 23.2. The fraction of sp³-hybridized carbons (Fsp3) is 0.409. The van der Waals surface area contributed by atoms with E-state index in [1.54, 1.807) is 26.2 Å². The molecule has 0 bridgehead atoms. The van der Waals surface area contributed by atoms with E-state index in [0.717, 1.165) is 37.3 Å². The van der Waals surface area contributed by atoms with E-state index < -0.39 is 17.9 Å². The predicted octanol–water partition coefficient (Wildman–Crippen LogP) is 2.65. The molecule has 0 spiro atoms. The van der Waals surface area contributed by atoms with Crippen molar-refractivity contribution in [3.63, 3.8) is 0 Å². The van der Waals surface area contributed by atoms with E-state index in [1.165, 1.54) is 16.0 Å². The molecule has 1 aromatic heterocycles. The van der Waals surface area contributed by atoms with Crippen molar-refractivity contribution >= 4 is 46.3 Å². The van der Waals surface area contributed by atoms with E-state index in [-0.39, 0.29) is 12.3 Å². The molecule has 1 atom stereocenters. The number of hydrogen-bond donors (Lipinski definition) is 2. The largest absolute Gasteiger partial charge is 0.349 e. The van der Waals surface area contributed by atoms with Gasteiger partial charge in [-0.2, -0.15) is 0 Å². The van der Waals surface area contributed by atoms with Crippen LogP contribution < -0.4 is 10.6 Å². The first-order valence-corrected chi connectivity index (χ1v) is 11.3. The molecule has 0 radical (unpaired) electrons. The topological polar surface area (TPSA) is 81.8 Å². The minimum absolute atomic E-state index is 0.139. The maximum atomic E-state index is 13.0. The Kier molecular flexibility index (Phi) is 7.69. The van der Waals surface area contributed by atoms with Gasteiger partial charge in [-0.1, -0.05) is 17.7 Å². The second-order valence-corrected chi connectivity index (χ2v) is 9.61. The van der Waals surface area contributed by atoms with Crippen molar-refractivity contribution in [2.24, 2.45) is 0 Å². The van der Waals surface area contributed by atoms with Crippen molar-refractivity contribution in [1.29, 1.82) is 0 Å². The summed E-state index contributed by atoms with van der Waals surface area (Å²) in [5.41, 5.74) is 3.15. The molecule has 3 rings (SSSR count). The number of likely N-dealkylation sites (N-methyl/N-ethyl adjacent to an activating group) is 1. The molecule has 0 fully saturated rings. The molecular formula is C22H27ClN4O3S. The zero-order valence-corrected chi connectivity index (χ0v) is 19.5. The molecule has 2 aromatic rings. The molecule has 7 nitrogen and oxygen atoms in total. The second-order valence-electron chi connectivity index (χ2n) is 7.90. The summed E-state index contributed by atoms with van der Waals surface area (Å²) in [5, 5.41) is 5.55. The number of anilines is 1. The van der Waals surface area contributed by atoms with E-state index in [0.29, 0.717) is 14.9 Å².